The molecule has 0 fully saturated rings. The Morgan fingerprint density at radius 3 is 2.04 bits per heavy atom. The lowest BCUT2D eigenvalue weighted by atomic mass is 10.2. The van der Waals surface area contributed by atoms with E-state index in [2.05, 4.69) is 17.0 Å². The minimum atomic E-state index is -0.710. The Morgan fingerprint density at radius 2 is 1.54 bits per heavy atom. The smallest absolute Gasteiger partial charge is 0.181 e. The molecule has 0 aliphatic carbocycles. The van der Waals surface area contributed by atoms with Gasteiger partial charge in [0.05, 0.1) is 0 Å². The Hall–Kier alpha value is -2.86. The molecule has 0 bridgehead atoms. The van der Waals surface area contributed by atoms with Crippen molar-refractivity contribution >= 4 is 0 Å². The van der Waals surface area contributed by atoms with E-state index in [0.717, 1.165) is 17.7 Å². The summed E-state index contributed by atoms with van der Waals surface area (Å²) in [6.07, 6.45) is 1.94. The normalized spacial score (nSPS) is 12.0. The van der Waals surface area contributed by atoms with Gasteiger partial charge in [-0.25, -0.2) is 4.98 Å². The van der Waals surface area contributed by atoms with Gasteiger partial charge in [0.1, 0.15) is 37.1 Å². The van der Waals surface area contributed by atoms with E-state index in [1.165, 1.54) is 5.56 Å². The van der Waals surface area contributed by atoms with Gasteiger partial charge in [0.2, 0.25) is 0 Å². The Bertz CT molecular complexity index is 813. The summed E-state index contributed by atoms with van der Waals surface area (Å²) in [5.74, 6) is 2.09. The molecule has 1 N–H and O–H groups in total. The molecule has 0 aliphatic rings. The third kappa shape index (κ3) is 4.83. The van der Waals surface area contributed by atoms with Gasteiger partial charge >= 0.3 is 0 Å². The molecule has 0 unspecified atom stereocenters. The summed E-state index contributed by atoms with van der Waals surface area (Å²) >= 11 is 0. The molecule has 0 spiro atoms. The Balaban J connectivity index is 1.45. The summed E-state index contributed by atoms with van der Waals surface area (Å²) in [7, 11) is 1.83. The molecule has 3 aromatic rings. The van der Waals surface area contributed by atoms with Gasteiger partial charge in [-0.3, -0.25) is 4.68 Å². The first-order valence-electron chi connectivity index (χ1n) is 8.62. The number of aliphatic hydroxyl groups is 1. The van der Waals surface area contributed by atoms with Crippen LogP contribution in [0.3, 0.4) is 0 Å². The lowest BCUT2D eigenvalue weighted by Gasteiger charge is -2.14. The average Bonchev–Trinajstić information content (AvgIpc) is 3.12. The van der Waals surface area contributed by atoms with Crippen LogP contribution in [0, 0.1) is 0 Å². The van der Waals surface area contributed by atoms with Crippen LogP contribution in [-0.2, 0) is 13.5 Å². The van der Waals surface area contributed by atoms with Crippen LogP contribution in [0.25, 0.3) is 11.4 Å². The van der Waals surface area contributed by atoms with Crippen molar-refractivity contribution in [2.45, 2.75) is 19.4 Å². The minimum Gasteiger partial charge on any atom is -0.491 e. The molecule has 0 saturated carbocycles. The molecule has 1 atom stereocenters. The number of nitrogens with zero attached hydrogens (tertiary/aromatic N) is 3. The van der Waals surface area contributed by atoms with E-state index in [-0.39, 0.29) is 13.2 Å². The van der Waals surface area contributed by atoms with Gasteiger partial charge in [0.25, 0.3) is 0 Å². The van der Waals surface area contributed by atoms with Crippen LogP contribution >= 0.6 is 0 Å². The van der Waals surface area contributed by atoms with E-state index < -0.39 is 6.10 Å². The third-order valence-electron chi connectivity index (χ3n) is 3.93. The first-order chi connectivity index (χ1) is 12.6. The summed E-state index contributed by atoms with van der Waals surface area (Å²) < 4.78 is 12.9. The number of aryl methyl sites for hydroxylation is 2. The predicted molar refractivity (Wildman–Crippen MR) is 99.3 cm³/mol. The van der Waals surface area contributed by atoms with Crippen molar-refractivity contribution in [3.63, 3.8) is 0 Å². The van der Waals surface area contributed by atoms with Gasteiger partial charge in [0.15, 0.2) is 5.82 Å². The third-order valence-corrected chi connectivity index (χ3v) is 3.93. The van der Waals surface area contributed by atoms with E-state index in [1.807, 2.05) is 55.6 Å². The number of aliphatic hydroxyl groups excluding tert-OH is 1. The van der Waals surface area contributed by atoms with Crippen LogP contribution in [0.15, 0.2) is 54.9 Å². The van der Waals surface area contributed by atoms with Crippen molar-refractivity contribution in [2.24, 2.45) is 7.05 Å². The molecule has 1 heterocycles. The minimum absolute atomic E-state index is 0.161. The first-order valence-corrected chi connectivity index (χ1v) is 8.62. The summed E-state index contributed by atoms with van der Waals surface area (Å²) in [5.41, 5.74) is 2.17. The maximum atomic E-state index is 10.0. The van der Waals surface area contributed by atoms with E-state index in [1.54, 1.807) is 11.0 Å². The maximum absolute atomic E-state index is 10.0. The largest absolute Gasteiger partial charge is 0.491 e. The average molecular weight is 353 g/mol. The highest BCUT2D eigenvalue weighted by atomic mass is 16.5. The van der Waals surface area contributed by atoms with Gasteiger partial charge in [0, 0.05) is 12.6 Å². The van der Waals surface area contributed by atoms with Crippen molar-refractivity contribution < 1.29 is 14.6 Å². The highest BCUT2D eigenvalue weighted by Gasteiger charge is 2.08. The second-order valence-corrected chi connectivity index (χ2v) is 6.04. The standard InChI is InChI=1S/C20H23N3O3/c1-3-15-4-8-18(9-5-15)25-12-17(24)13-26-19-10-6-16(7-11-19)20-21-14-23(2)22-20/h4-11,14,17,24H,3,12-13H2,1-2H3/t17-/m1/s1. The van der Waals surface area contributed by atoms with Crippen molar-refractivity contribution in [1.29, 1.82) is 0 Å². The molecular weight excluding hydrogens is 330 g/mol. The van der Waals surface area contributed by atoms with E-state index in [4.69, 9.17) is 9.47 Å². The molecule has 136 valence electrons. The van der Waals surface area contributed by atoms with Gasteiger partial charge in [-0.15, -0.1) is 0 Å². The summed E-state index contributed by atoms with van der Waals surface area (Å²) in [6.45, 7) is 2.45. The van der Waals surface area contributed by atoms with Crippen molar-refractivity contribution in [1.82, 2.24) is 14.8 Å². The van der Waals surface area contributed by atoms with Crippen LogP contribution < -0.4 is 9.47 Å². The van der Waals surface area contributed by atoms with Crippen molar-refractivity contribution in [3.05, 3.63) is 60.4 Å². The molecule has 0 saturated heterocycles. The monoisotopic (exact) mass is 353 g/mol. The van der Waals surface area contributed by atoms with E-state index >= 15 is 0 Å². The lowest BCUT2D eigenvalue weighted by molar-refractivity contribution is 0.0626. The molecule has 0 amide bonds. The molecule has 3 rings (SSSR count). The molecule has 0 aliphatic heterocycles. The Morgan fingerprint density at radius 1 is 0.962 bits per heavy atom. The molecule has 0 radical (unpaired) electrons. The Kier molecular flexibility index (Phi) is 5.86. The zero-order valence-electron chi connectivity index (χ0n) is 15.0. The first kappa shape index (κ1) is 17.9. The van der Waals surface area contributed by atoms with Crippen LogP contribution in [0.4, 0.5) is 0 Å². The van der Waals surface area contributed by atoms with Gasteiger partial charge in [-0.05, 0) is 48.4 Å². The second-order valence-electron chi connectivity index (χ2n) is 6.04. The van der Waals surface area contributed by atoms with E-state index in [9.17, 15) is 5.11 Å². The molecule has 2 aromatic carbocycles. The molecule has 6 heteroatoms. The number of aromatic nitrogens is 3. The SMILES string of the molecule is CCc1ccc(OC[C@@H](O)COc2ccc(-c3ncn(C)n3)cc2)cc1. The van der Waals surface area contributed by atoms with Crippen LogP contribution in [0.1, 0.15) is 12.5 Å². The number of hydrogen-bond acceptors (Lipinski definition) is 5. The van der Waals surface area contributed by atoms with Crippen LogP contribution in [-0.4, -0.2) is 39.2 Å². The Labute approximate surface area is 153 Å². The zero-order chi connectivity index (χ0) is 18.4. The van der Waals surface area contributed by atoms with Crippen LogP contribution in [0.2, 0.25) is 0 Å². The van der Waals surface area contributed by atoms with Crippen molar-refractivity contribution in [3.8, 4) is 22.9 Å². The summed E-state index contributed by atoms with van der Waals surface area (Å²) in [5, 5.41) is 14.3. The van der Waals surface area contributed by atoms with Gasteiger partial charge in [-0.1, -0.05) is 19.1 Å². The van der Waals surface area contributed by atoms with E-state index in [0.29, 0.717) is 11.6 Å². The summed E-state index contributed by atoms with van der Waals surface area (Å²) in [6, 6.07) is 15.3. The van der Waals surface area contributed by atoms with Crippen molar-refractivity contribution in [2.75, 3.05) is 13.2 Å². The fourth-order valence-corrected chi connectivity index (χ4v) is 2.43. The molecule has 6 nitrogen and oxygen atoms in total. The summed E-state index contributed by atoms with van der Waals surface area (Å²) in [4.78, 5) is 4.21. The highest BCUT2D eigenvalue weighted by Crippen LogP contribution is 2.19. The molecule has 1 aromatic heterocycles. The number of benzene rings is 2. The fraction of sp³-hybridized carbons (Fsp3) is 0.300. The lowest BCUT2D eigenvalue weighted by Crippen LogP contribution is -2.25. The van der Waals surface area contributed by atoms with Gasteiger partial charge in [-0.2, -0.15) is 5.10 Å². The number of rotatable bonds is 8. The predicted octanol–water partition coefficient (Wildman–Crippen LogP) is 2.86. The zero-order valence-corrected chi connectivity index (χ0v) is 15.0. The molecular formula is C20H23N3O3. The fourth-order valence-electron chi connectivity index (χ4n) is 2.43. The number of ether oxygens (including phenoxy) is 2. The van der Waals surface area contributed by atoms with Crippen LogP contribution in [0.5, 0.6) is 11.5 Å². The maximum Gasteiger partial charge on any atom is 0.181 e. The topological polar surface area (TPSA) is 69.4 Å². The second kappa shape index (κ2) is 8.49. The quantitative estimate of drug-likeness (QED) is 0.674. The molecule has 26 heavy (non-hydrogen) atoms. The number of hydrogen-bond donors (Lipinski definition) is 1. The highest BCUT2D eigenvalue weighted by molar-refractivity contribution is 5.55. The van der Waals surface area contributed by atoms with Gasteiger partial charge < -0.3 is 14.6 Å².